The molecule has 1 aromatic rings. The summed E-state index contributed by atoms with van der Waals surface area (Å²) in [4.78, 5) is 12.5. The third kappa shape index (κ3) is 2.65. The molecule has 1 atom stereocenters. The van der Waals surface area contributed by atoms with Crippen LogP contribution < -0.4 is 14.8 Å². The van der Waals surface area contributed by atoms with E-state index in [0.29, 0.717) is 17.1 Å². The Balaban J connectivity index is 1.69. The zero-order valence-electron chi connectivity index (χ0n) is 13.2. The molecule has 120 valence electrons. The summed E-state index contributed by atoms with van der Waals surface area (Å²) in [6.45, 7) is 1.62. The topological polar surface area (TPSA) is 56.8 Å². The quantitative estimate of drug-likeness (QED) is 0.928. The van der Waals surface area contributed by atoms with Gasteiger partial charge in [0.15, 0.2) is 11.5 Å². The molecule has 1 spiro atoms. The number of amides is 1. The second kappa shape index (κ2) is 6.16. The molecule has 2 fully saturated rings. The van der Waals surface area contributed by atoms with E-state index in [9.17, 15) is 4.79 Å². The number of ether oxygens (including phenoxy) is 3. The van der Waals surface area contributed by atoms with E-state index in [4.69, 9.17) is 14.2 Å². The minimum atomic E-state index is -0.0449. The highest BCUT2D eigenvalue weighted by molar-refractivity contribution is 5.95. The van der Waals surface area contributed by atoms with Crippen LogP contribution >= 0.6 is 0 Å². The minimum absolute atomic E-state index is 0.0449. The van der Waals surface area contributed by atoms with Crippen molar-refractivity contribution in [3.05, 3.63) is 23.8 Å². The molecule has 22 heavy (non-hydrogen) atoms. The number of methoxy groups -OCH3 is 2. The van der Waals surface area contributed by atoms with Crippen LogP contribution in [0.25, 0.3) is 0 Å². The summed E-state index contributed by atoms with van der Waals surface area (Å²) >= 11 is 0. The molecule has 0 radical (unpaired) electrons. The first-order valence-electron chi connectivity index (χ1n) is 7.79. The van der Waals surface area contributed by atoms with Crippen LogP contribution in [-0.4, -0.2) is 39.4 Å². The molecule has 1 aliphatic carbocycles. The average molecular weight is 305 g/mol. The molecule has 1 saturated heterocycles. The number of nitrogens with one attached hydrogen (secondary N) is 1. The van der Waals surface area contributed by atoms with Gasteiger partial charge in [0.2, 0.25) is 0 Å². The van der Waals surface area contributed by atoms with E-state index in [1.165, 1.54) is 6.42 Å². The fourth-order valence-corrected chi connectivity index (χ4v) is 3.52. The zero-order valence-corrected chi connectivity index (χ0v) is 13.2. The summed E-state index contributed by atoms with van der Waals surface area (Å²) in [6, 6.07) is 5.52. The van der Waals surface area contributed by atoms with Crippen LogP contribution in [0.3, 0.4) is 0 Å². The van der Waals surface area contributed by atoms with Crippen LogP contribution in [0.4, 0.5) is 0 Å². The van der Waals surface area contributed by atoms with Gasteiger partial charge >= 0.3 is 0 Å². The van der Waals surface area contributed by atoms with Gasteiger partial charge in [0.25, 0.3) is 5.91 Å². The van der Waals surface area contributed by atoms with Gasteiger partial charge in [-0.25, -0.2) is 0 Å². The van der Waals surface area contributed by atoms with Crippen molar-refractivity contribution in [1.29, 1.82) is 0 Å². The van der Waals surface area contributed by atoms with Crippen LogP contribution in [0.15, 0.2) is 18.2 Å². The highest BCUT2D eigenvalue weighted by Crippen LogP contribution is 2.48. The lowest BCUT2D eigenvalue weighted by Crippen LogP contribution is -2.57. The summed E-state index contributed by atoms with van der Waals surface area (Å²) in [5, 5.41) is 3.19. The second-order valence-corrected chi connectivity index (χ2v) is 6.11. The van der Waals surface area contributed by atoms with Gasteiger partial charge in [-0.05, 0) is 49.3 Å². The lowest BCUT2D eigenvalue weighted by molar-refractivity contribution is -0.0523. The first-order valence-corrected chi connectivity index (χ1v) is 7.79. The van der Waals surface area contributed by atoms with Crippen LogP contribution in [0.2, 0.25) is 0 Å². The molecule has 1 aromatic carbocycles. The molecule has 1 unspecified atom stereocenters. The third-order valence-corrected chi connectivity index (χ3v) is 5.11. The maximum absolute atomic E-state index is 12.5. The molecule has 1 amide bonds. The molecule has 5 nitrogen and oxygen atoms in total. The van der Waals surface area contributed by atoms with E-state index >= 15 is 0 Å². The Morgan fingerprint density at radius 1 is 1.18 bits per heavy atom. The van der Waals surface area contributed by atoms with Crippen molar-refractivity contribution >= 4 is 5.91 Å². The van der Waals surface area contributed by atoms with Crippen LogP contribution in [0.1, 0.15) is 36.0 Å². The van der Waals surface area contributed by atoms with E-state index in [2.05, 4.69) is 5.32 Å². The molecule has 1 saturated carbocycles. The number of carbonyl (C=O) groups excluding carboxylic acids is 1. The fraction of sp³-hybridized carbons (Fsp3) is 0.588. The highest BCUT2D eigenvalue weighted by atomic mass is 16.5. The Morgan fingerprint density at radius 3 is 2.50 bits per heavy atom. The van der Waals surface area contributed by atoms with Crippen molar-refractivity contribution in [2.75, 3.05) is 27.4 Å². The van der Waals surface area contributed by atoms with E-state index in [1.807, 2.05) is 0 Å². The van der Waals surface area contributed by atoms with Gasteiger partial charge in [0.1, 0.15) is 0 Å². The lowest BCUT2D eigenvalue weighted by Gasteiger charge is -2.52. The molecule has 1 heterocycles. The predicted molar refractivity (Wildman–Crippen MR) is 82.5 cm³/mol. The predicted octanol–water partition coefficient (Wildman–Crippen LogP) is 2.39. The number of rotatable bonds is 4. The van der Waals surface area contributed by atoms with Gasteiger partial charge < -0.3 is 19.5 Å². The fourth-order valence-electron chi connectivity index (χ4n) is 3.52. The van der Waals surface area contributed by atoms with E-state index in [-0.39, 0.29) is 17.4 Å². The molecule has 5 heteroatoms. The first-order chi connectivity index (χ1) is 10.7. The maximum atomic E-state index is 12.5. The highest BCUT2D eigenvalue weighted by Gasteiger charge is 2.47. The first kappa shape index (κ1) is 15.2. The van der Waals surface area contributed by atoms with Crippen molar-refractivity contribution in [3.8, 4) is 11.5 Å². The summed E-state index contributed by atoms with van der Waals surface area (Å²) in [6.07, 6.45) is 4.33. The van der Waals surface area contributed by atoms with Crippen molar-refractivity contribution in [2.45, 2.75) is 31.7 Å². The van der Waals surface area contributed by atoms with Gasteiger partial charge in [-0.3, -0.25) is 4.79 Å². The number of hydrogen-bond donors (Lipinski definition) is 1. The second-order valence-electron chi connectivity index (χ2n) is 6.11. The Morgan fingerprint density at radius 2 is 1.91 bits per heavy atom. The van der Waals surface area contributed by atoms with Gasteiger partial charge in [-0.2, -0.15) is 0 Å². The monoisotopic (exact) mass is 305 g/mol. The van der Waals surface area contributed by atoms with Crippen molar-refractivity contribution < 1.29 is 19.0 Å². The molecular formula is C17H23NO4. The lowest BCUT2D eigenvalue weighted by atomic mass is 9.60. The van der Waals surface area contributed by atoms with Crippen LogP contribution in [-0.2, 0) is 4.74 Å². The van der Waals surface area contributed by atoms with Gasteiger partial charge in [0.05, 0.1) is 14.2 Å². The van der Waals surface area contributed by atoms with Gasteiger partial charge in [-0.15, -0.1) is 0 Å². The van der Waals surface area contributed by atoms with Crippen molar-refractivity contribution in [3.63, 3.8) is 0 Å². The molecular weight excluding hydrogens is 282 g/mol. The normalized spacial score (nSPS) is 22.7. The number of hydrogen-bond acceptors (Lipinski definition) is 4. The summed E-state index contributed by atoms with van der Waals surface area (Å²) < 4.78 is 15.9. The van der Waals surface area contributed by atoms with Gasteiger partial charge in [0, 0.05) is 24.8 Å². The number of benzene rings is 1. The molecule has 3 rings (SSSR count). The van der Waals surface area contributed by atoms with Crippen LogP contribution in [0, 0.1) is 5.41 Å². The smallest absolute Gasteiger partial charge is 0.251 e. The van der Waals surface area contributed by atoms with E-state index in [1.54, 1.807) is 32.4 Å². The zero-order chi connectivity index (χ0) is 15.6. The van der Waals surface area contributed by atoms with Crippen molar-refractivity contribution in [2.24, 2.45) is 5.41 Å². The van der Waals surface area contributed by atoms with E-state index < -0.39 is 0 Å². The van der Waals surface area contributed by atoms with Crippen LogP contribution in [0.5, 0.6) is 11.5 Å². The average Bonchev–Trinajstić information content (AvgIpc) is 2.58. The summed E-state index contributed by atoms with van der Waals surface area (Å²) in [7, 11) is 3.16. The molecule has 1 N–H and O–H groups in total. The van der Waals surface area contributed by atoms with Gasteiger partial charge in [-0.1, -0.05) is 0 Å². The third-order valence-electron chi connectivity index (χ3n) is 5.11. The molecule has 1 aliphatic heterocycles. The Hall–Kier alpha value is -1.75. The number of carbonyl (C=O) groups is 1. The summed E-state index contributed by atoms with van der Waals surface area (Å²) in [5.74, 6) is 1.16. The Kier molecular flexibility index (Phi) is 4.25. The van der Waals surface area contributed by atoms with Crippen molar-refractivity contribution in [1.82, 2.24) is 5.32 Å². The summed E-state index contributed by atoms with van der Waals surface area (Å²) in [5.41, 5.74) is 0.858. The minimum Gasteiger partial charge on any atom is -0.493 e. The largest absolute Gasteiger partial charge is 0.493 e. The maximum Gasteiger partial charge on any atom is 0.251 e. The van der Waals surface area contributed by atoms with E-state index in [0.717, 1.165) is 32.5 Å². The Labute approximate surface area is 130 Å². The molecule has 0 aromatic heterocycles. The SMILES string of the molecule is COc1ccc(C(=O)NC2CCC23CCOCC3)cc1OC. The molecule has 0 bridgehead atoms. The Bertz CT molecular complexity index is 552. The standard InChI is InChI=1S/C17H23NO4/c1-20-13-4-3-12(11-14(13)21-2)16(19)18-15-5-6-17(15)7-9-22-10-8-17/h3-4,11,15H,5-10H2,1-2H3,(H,18,19). The molecule has 2 aliphatic rings.